The van der Waals surface area contributed by atoms with Crippen LogP contribution in [-0.4, -0.2) is 38.8 Å². The van der Waals surface area contributed by atoms with Crippen LogP contribution in [0.2, 0.25) is 0 Å². The van der Waals surface area contributed by atoms with Crippen molar-refractivity contribution in [2.45, 2.75) is 43.0 Å². The Kier molecular flexibility index (Phi) is 7.42. The van der Waals surface area contributed by atoms with Crippen molar-refractivity contribution >= 4 is 51.8 Å². The summed E-state index contributed by atoms with van der Waals surface area (Å²) in [5.74, 6) is -0.298. The quantitative estimate of drug-likeness (QED) is 0.507. The number of primary amides is 1. The second-order valence-electron chi connectivity index (χ2n) is 5.55. The van der Waals surface area contributed by atoms with E-state index < -0.39 is 0 Å². The molecule has 10 heteroatoms. The smallest absolute Gasteiger partial charge is 0.227 e. The number of carbonyl (C=O) groups is 2. The molecule has 140 valence electrons. The molecular formula is C16H21N5O2S3. The molecule has 0 bridgehead atoms. The van der Waals surface area contributed by atoms with Crippen molar-refractivity contribution in [1.82, 2.24) is 15.0 Å². The van der Waals surface area contributed by atoms with Crippen LogP contribution in [-0.2, 0) is 16.0 Å². The molecule has 2 heterocycles. The second-order valence-corrected chi connectivity index (χ2v) is 8.57. The Morgan fingerprint density at radius 3 is 2.35 bits per heavy atom. The Balaban J connectivity index is 1.95. The average molecular weight is 412 g/mol. The highest BCUT2D eigenvalue weighted by Crippen LogP contribution is 2.32. The van der Waals surface area contributed by atoms with E-state index in [-0.39, 0.29) is 17.6 Å². The minimum absolute atomic E-state index is 0.113. The Bertz CT molecular complexity index is 799. The molecule has 0 unspecified atom stereocenters. The van der Waals surface area contributed by atoms with Crippen molar-refractivity contribution in [2.24, 2.45) is 5.73 Å². The van der Waals surface area contributed by atoms with Gasteiger partial charge in [-0.15, -0.1) is 11.8 Å². The lowest BCUT2D eigenvalue weighted by atomic mass is 10.1. The molecule has 0 saturated carbocycles. The monoisotopic (exact) mass is 411 g/mol. The summed E-state index contributed by atoms with van der Waals surface area (Å²) in [4.78, 5) is 36.3. The van der Waals surface area contributed by atoms with Crippen molar-refractivity contribution in [1.29, 1.82) is 0 Å². The number of nitrogens with one attached hydrogen (secondary N) is 1. The molecular weight excluding hydrogens is 390 g/mol. The molecule has 7 nitrogen and oxygen atoms in total. The number of hydrogen-bond donors (Lipinski definition) is 2. The van der Waals surface area contributed by atoms with E-state index in [0.29, 0.717) is 18.0 Å². The first-order chi connectivity index (χ1) is 12.3. The van der Waals surface area contributed by atoms with E-state index in [1.54, 1.807) is 0 Å². The van der Waals surface area contributed by atoms with E-state index in [1.165, 1.54) is 34.9 Å². The van der Waals surface area contributed by atoms with E-state index in [4.69, 9.17) is 5.73 Å². The fraction of sp³-hybridized carbons (Fsp3) is 0.438. The molecule has 2 aromatic rings. The molecule has 2 rings (SSSR count). The fourth-order valence-electron chi connectivity index (χ4n) is 2.29. The summed E-state index contributed by atoms with van der Waals surface area (Å²) < 4.78 is 0.881. The topological polar surface area (TPSA) is 111 Å². The summed E-state index contributed by atoms with van der Waals surface area (Å²) in [6, 6.07) is 0. The zero-order valence-electron chi connectivity index (χ0n) is 15.1. The lowest BCUT2D eigenvalue weighted by Gasteiger charge is -2.09. The van der Waals surface area contributed by atoms with Crippen molar-refractivity contribution in [2.75, 3.05) is 17.3 Å². The highest BCUT2D eigenvalue weighted by atomic mass is 32.2. The van der Waals surface area contributed by atoms with Gasteiger partial charge in [0, 0.05) is 17.8 Å². The van der Waals surface area contributed by atoms with Crippen molar-refractivity contribution < 1.29 is 9.59 Å². The number of hydrogen-bond acceptors (Lipinski definition) is 8. The molecule has 0 spiro atoms. The van der Waals surface area contributed by atoms with Crippen LogP contribution in [0.15, 0.2) is 9.37 Å². The number of aromatic nitrogens is 3. The molecule has 0 fully saturated rings. The lowest BCUT2D eigenvalue weighted by Crippen LogP contribution is -2.13. The number of aryl methyl sites for hydroxylation is 3. The van der Waals surface area contributed by atoms with Gasteiger partial charge in [0.05, 0.1) is 15.7 Å². The third-order valence-electron chi connectivity index (χ3n) is 3.53. The van der Waals surface area contributed by atoms with E-state index in [2.05, 4.69) is 20.3 Å². The minimum Gasteiger partial charge on any atom is -0.369 e. The average Bonchev–Trinajstić information content (AvgIpc) is 2.91. The van der Waals surface area contributed by atoms with E-state index in [9.17, 15) is 9.59 Å². The number of anilines is 1. The van der Waals surface area contributed by atoms with Gasteiger partial charge in [0.25, 0.3) is 0 Å². The molecule has 0 aliphatic carbocycles. The van der Waals surface area contributed by atoms with Crippen LogP contribution in [0.3, 0.4) is 0 Å². The predicted molar refractivity (Wildman–Crippen MR) is 107 cm³/mol. The van der Waals surface area contributed by atoms with Crippen LogP contribution < -0.4 is 11.1 Å². The van der Waals surface area contributed by atoms with Gasteiger partial charge in [0.15, 0.2) is 10.3 Å². The van der Waals surface area contributed by atoms with Gasteiger partial charge in [0.2, 0.25) is 11.8 Å². The summed E-state index contributed by atoms with van der Waals surface area (Å²) in [5, 5.41) is 4.09. The molecule has 0 aliphatic heterocycles. The molecule has 0 saturated heterocycles. The van der Waals surface area contributed by atoms with Gasteiger partial charge >= 0.3 is 0 Å². The Labute approximate surface area is 165 Å². The number of nitrogens with zero attached hydrogens (tertiary/aromatic N) is 3. The van der Waals surface area contributed by atoms with Gasteiger partial charge < -0.3 is 11.1 Å². The molecule has 2 amide bonds. The highest BCUT2D eigenvalue weighted by molar-refractivity contribution is 8.01. The number of thiazole rings is 1. The van der Waals surface area contributed by atoms with Crippen LogP contribution in [0.1, 0.15) is 29.1 Å². The first kappa shape index (κ1) is 20.7. The standard InChI is InChI=1S/C16H21N5O2S3/c1-8-11(9(2)19-15(18-8)24-4)5-6-13(23)21-16-20-10(3)14(26-16)25-7-12(17)22/h5-7H2,1-4H3,(H2,17,22)(H,20,21,23). The van der Waals surface area contributed by atoms with Gasteiger partial charge in [0.1, 0.15) is 0 Å². The molecule has 0 radical (unpaired) electrons. The molecule has 0 atom stereocenters. The molecule has 0 aliphatic rings. The van der Waals surface area contributed by atoms with Crippen LogP contribution >= 0.6 is 34.9 Å². The van der Waals surface area contributed by atoms with Crippen LogP contribution in [0, 0.1) is 20.8 Å². The molecule has 26 heavy (non-hydrogen) atoms. The minimum atomic E-state index is -0.381. The van der Waals surface area contributed by atoms with Crippen LogP contribution in [0.4, 0.5) is 5.13 Å². The SMILES string of the molecule is CSc1nc(C)c(CCC(=O)Nc2nc(C)c(SCC(N)=O)s2)c(C)n1. The van der Waals surface area contributed by atoms with Crippen LogP contribution in [0.25, 0.3) is 0 Å². The van der Waals surface area contributed by atoms with Crippen molar-refractivity contribution in [3.05, 3.63) is 22.6 Å². The maximum absolute atomic E-state index is 12.2. The zero-order valence-corrected chi connectivity index (χ0v) is 17.5. The maximum atomic E-state index is 12.2. The van der Waals surface area contributed by atoms with E-state index in [0.717, 1.165) is 32.0 Å². The lowest BCUT2D eigenvalue weighted by molar-refractivity contribution is -0.116. The normalized spacial score (nSPS) is 10.8. The third kappa shape index (κ3) is 5.68. The number of rotatable bonds is 8. The van der Waals surface area contributed by atoms with Crippen LogP contribution in [0.5, 0.6) is 0 Å². The van der Waals surface area contributed by atoms with Crippen molar-refractivity contribution in [3.63, 3.8) is 0 Å². The third-order valence-corrected chi connectivity index (χ3v) is 6.54. The summed E-state index contributed by atoms with van der Waals surface area (Å²) in [6.45, 7) is 5.72. The first-order valence-corrected chi connectivity index (χ1v) is 10.9. The summed E-state index contributed by atoms with van der Waals surface area (Å²) in [7, 11) is 0. The number of amides is 2. The largest absolute Gasteiger partial charge is 0.369 e. The maximum Gasteiger partial charge on any atom is 0.227 e. The Hall–Kier alpha value is -1.65. The van der Waals surface area contributed by atoms with Gasteiger partial charge in [-0.05, 0) is 39.0 Å². The molecule has 2 aromatic heterocycles. The van der Waals surface area contributed by atoms with Gasteiger partial charge in [-0.1, -0.05) is 23.1 Å². The zero-order chi connectivity index (χ0) is 19.3. The number of nitrogens with two attached hydrogens (primary N) is 1. The van der Waals surface area contributed by atoms with Gasteiger partial charge in [-0.2, -0.15) is 0 Å². The summed E-state index contributed by atoms with van der Waals surface area (Å²) in [6.07, 6.45) is 2.84. The Morgan fingerprint density at radius 1 is 1.12 bits per heavy atom. The number of thioether (sulfide) groups is 2. The summed E-state index contributed by atoms with van der Waals surface area (Å²) in [5.41, 5.74) is 8.76. The Morgan fingerprint density at radius 2 is 1.77 bits per heavy atom. The van der Waals surface area contributed by atoms with E-state index in [1.807, 2.05) is 27.0 Å². The van der Waals surface area contributed by atoms with Gasteiger partial charge in [-0.3, -0.25) is 9.59 Å². The molecule has 3 N–H and O–H groups in total. The predicted octanol–water partition coefficient (Wildman–Crippen LogP) is 2.73. The first-order valence-electron chi connectivity index (χ1n) is 7.86. The summed E-state index contributed by atoms with van der Waals surface area (Å²) >= 11 is 4.18. The van der Waals surface area contributed by atoms with Gasteiger partial charge in [-0.25, -0.2) is 15.0 Å². The number of carbonyl (C=O) groups excluding carboxylic acids is 2. The fourth-order valence-corrected chi connectivity index (χ4v) is 4.64. The molecule has 0 aromatic carbocycles. The van der Waals surface area contributed by atoms with Crippen molar-refractivity contribution in [3.8, 4) is 0 Å². The second kappa shape index (κ2) is 9.33. The van der Waals surface area contributed by atoms with E-state index >= 15 is 0 Å². The highest BCUT2D eigenvalue weighted by Gasteiger charge is 2.14.